The molecule has 0 saturated heterocycles. The topological polar surface area (TPSA) is 26.3 Å². The van der Waals surface area contributed by atoms with E-state index < -0.39 is 0 Å². The third-order valence-electron chi connectivity index (χ3n) is 3.48. The molecule has 2 aromatic carbocycles. The number of fused-ring (bicyclic) bond motifs is 1. The number of rotatable bonds is 2. The van der Waals surface area contributed by atoms with Crippen molar-refractivity contribution in [3.63, 3.8) is 0 Å². The average molecular weight is 287 g/mol. The van der Waals surface area contributed by atoms with E-state index in [9.17, 15) is 4.79 Å². The van der Waals surface area contributed by atoms with Gasteiger partial charge in [0, 0.05) is 17.0 Å². The molecule has 0 atom stereocenters. The van der Waals surface area contributed by atoms with Gasteiger partial charge in [0.05, 0.1) is 12.2 Å². The van der Waals surface area contributed by atoms with Gasteiger partial charge in [0.15, 0.2) is 5.78 Å². The maximum absolute atomic E-state index is 12.7. The molecule has 0 spiro atoms. The van der Waals surface area contributed by atoms with Gasteiger partial charge in [-0.25, -0.2) is 0 Å². The van der Waals surface area contributed by atoms with Gasteiger partial charge in [-0.15, -0.1) is 0 Å². The number of carbonyl (C=O) groups is 1. The van der Waals surface area contributed by atoms with Crippen LogP contribution in [0.15, 0.2) is 30.3 Å². The van der Waals surface area contributed by atoms with Crippen molar-refractivity contribution in [3.05, 3.63) is 63.2 Å². The van der Waals surface area contributed by atoms with Gasteiger partial charge in [0.1, 0.15) is 5.75 Å². The highest BCUT2D eigenvalue weighted by molar-refractivity contribution is 6.31. The molecule has 0 saturated carbocycles. The zero-order valence-corrected chi connectivity index (χ0v) is 12.3. The first kappa shape index (κ1) is 13.2. The second-order valence-corrected chi connectivity index (χ2v) is 5.68. The fourth-order valence-electron chi connectivity index (χ4n) is 2.70. The molecule has 0 fully saturated rings. The van der Waals surface area contributed by atoms with Crippen LogP contribution in [-0.4, -0.2) is 12.4 Å². The van der Waals surface area contributed by atoms with Crippen molar-refractivity contribution in [1.29, 1.82) is 0 Å². The highest BCUT2D eigenvalue weighted by Crippen LogP contribution is 2.34. The van der Waals surface area contributed by atoms with Crippen molar-refractivity contribution >= 4 is 17.4 Å². The lowest BCUT2D eigenvalue weighted by atomic mass is 9.97. The molecule has 0 N–H and O–H groups in total. The van der Waals surface area contributed by atoms with Crippen LogP contribution in [0.1, 0.15) is 32.6 Å². The molecule has 0 radical (unpaired) electrons. The number of ether oxygens (including phenoxy) is 1. The smallest absolute Gasteiger partial charge is 0.196 e. The van der Waals surface area contributed by atoms with E-state index in [0.717, 1.165) is 23.1 Å². The Morgan fingerprint density at radius 2 is 1.80 bits per heavy atom. The maximum Gasteiger partial charge on any atom is 0.196 e. The van der Waals surface area contributed by atoms with Gasteiger partial charge in [-0.2, -0.15) is 0 Å². The van der Waals surface area contributed by atoms with E-state index in [1.54, 1.807) is 6.07 Å². The highest BCUT2D eigenvalue weighted by Gasteiger charge is 2.23. The molecule has 0 amide bonds. The first-order valence-corrected chi connectivity index (χ1v) is 7.00. The Labute approximate surface area is 123 Å². The number of hydrogen-bond donors (Lipinski definition) is 0. The molecule has 1 aliphatic rings. The van der Waals surface area contributed by atoms with Gasteiger partial charge in [-0.1, -0.05) is 28.8 Å². The molecule has 0 unspecified atom stereocenters. The molecule has 2 aromatic rings. The molecule has 1 aliphatic heterocycles. The van der Waals surface area contributed by atoms with Crippen LogP contribution in [0.3, 0.4) is 0 Å². The molecule has 0 aliphatic carbocycles. The van der Waals surface area contributed by atoms with Crippen LogP contribution in [0.5, 0.6) is 5.75 Å². The predicted molar refractivity (Wildman–Crippen MR) is 80.0 cm³/mol. The van der Waals surface area contributed by atoms with Gasteiger partial charge in [0.2, 0.25) is 0 Å². The predicted octanol–water partition coefficient (Wildman–Crippen LogP) is 4.12. The fourth-order valence-corrected chi connectivity index (χ4v) is 2.94. The second-order valence-electron chi connectivity index (χ2n) is 5.25. The summed E-state index contributed by atoms with van der Waals surface area (Å²) in [7, 11) is 0. The molecule has 3 rings (SSSR count). The summed E-state index contributed by atoms with van der Waals surface area (Å²) in [6, 6.07) is 9.43. The zero-order chi connectivity index (χ0) is 14.3. The Morgan fingerprint density at radius 1 is 1.10 bits per heavy atom. The number of carbonyl (C=O) groups excluding carboxylic acids is 1. The van der Waals surface area contributed by atoms with Gasteiger partial charge in [0.25, 0.3) is 0 Å². The molecular formula is C17H15ClO2. The molecule has 102 valence electrons. The number of ketones is 1. The van der Waals surface area contributed by atoms with Gasteiger partial charge >= 0.3 is 0 Å². The summed E-state index contributed by atoms with van der Waals surface area (Å²) in [5.41, 5.74) is 4.42. The van der Waals surface area contributed by atoms with Crippen molar-refractivity contribution in [2.75, 3.05) is 6.61 Å². The van der Waals surface area contributed by atoms with E-state index in [2.05, 4.69) is 6.07 Å². The van der Waals surface area contributed by atoms with E-state index in [4.69, 9.17) is 16.3 Å². The summed E-state index contributed by atoms with van der Waals surface area (Å²) in [6.07, 6.45) is 0.809. The first-order valence-electron chi connectivity index (χ1n) is 6.63. The minimum atomic E-state index is -0.0301. The van der Waals surface area contributed by atoms with Crippen LogP contribution in [0.25, 0.3) is 0 Å². The van der Waals surface area contributed by atoms with Crippen LogP contribution in [0, 0.1) is 13.8 Å². The lowest BCUT2D eigenvalue weighted by Crippen LogP contribution is -2.05. The standard InChI is InChI=1S/C17H15ClO2/c1-10-5-11(2)7-13(6-10)16(19)15-9-14(18)8-12-3-4-20-17(12)15/h5-9H,3-4H2,1-2H3. The molecule has 3 heteroatoms. The fraction of sp³-hybridized carbons (Fsp3) is 0.235. The zero-order valence-electron chi connectivity index (χ0n) is 11.5. The van der Waals surface area contributed by atoms with Crippen molar-refractivity contribution in [2.24, 2.45) is 0 Å². The summed E-state index contributed by atoms with van der Waals surface area (Å²) in [6.45, 7) is 4.59. The molecular weight excluding hydrogens is 272 g/mol. The highest BCUT2D eigenvalue weighted by atomic mass is 35.5. The van der Waals surface area contributed by atoms with Crippen molar-refractivity contribution < 1.29 is 9.53 Å². The minimum absolute atomic E-state index is 0.0301. The maximum atomic E-state index is 12.7. The van der Waals surface area contributed by atoms with E-state index in [1.165, 1.54) is 0 Å². The molecule has 2 nitrogen and oxygen atoms in total. The van der Waals surface area contributed by atoms with Crippen LogP contribution in [0.2, 0.25) is 5.02 Å². The lowest BCUT2D eigenvalue weighted by molar-refractivity contribution is 0.103. The van der Waals surface area contributed by atoms with Crippen LogP contribution >= 0.6 is 11.6 Å². The summed E-state index contributed by atoms with van der Waals surface area (Å²) >= 11 is 6.11. The lowest BCUT2D eigenvalue weighted by Gasteiger charge is -2.09. The normalized spacial score (nSPS) is 12.9. The Morgan fingerprint density at radius 3 is 2.50 bits per heavy atom. The second kappa shape index (κ2) is 4.95. The number of hydrogen-bond acceptors (Lipinski definition) is 2. The van der Waals surface area contributed by atoms with Crippen molar-refractivity contribution in [1.82, 2.24) is 0 Å². The third kappa shape index (κ3) is 2.32. The number of aryl methyl sites for hydroxylation is 2. The summed E-state index contributed by atoms with van der Waals surface area (Å²) in [5.74, 6) is 0.663. The SMILES string of the molecule is Cc1cc(C)cc(C(=O)c2cc(Cl)cc3c2OCC3)c1. The molecule has 0 aromatic heterocycles. The number of benzene rings is 2. The van der Waals surface area contributed by atoms with Crippen LogP contribution in [0.4, 0.5) is 0 Å². The van der Waals surface area contributed by atoms with Gasteiger partial charge in [-0.05, 0) is 43.7 Å². The Hall–Kier alpha value is -1.80. The molecule has 1 heterocycles. The van der Waals surface area contributed by atoms with Gasteiger partial charge in [-0.3, -0.25) is 4.79 Å². The van der Waals surface area contributed by atoms with Crippen molar-refractivity contribution in [3.8, 4) is 5.75 Å². The Kier molecular flexibility index (Phi) is 3.27. The summed E-state index contributed by atoms with van der Waals surface area (Å²) in [4.78, 5) is 12.7. The summed E-state index contributed by atoms with van der Waals surface area (Å²) < 4.78 is 5.61. The first-order chi connectivity index (χ1) is 9.54. The Balaban J connectivity index is 2.11. The van der Waals surface area contributed by atoms with Crippen LogP contribution in [-0.2, 0) is 6.42 Å². The largest absolute Gasteiger partial charge is 0.492 e. The Bertz CT molecular complexity index is 684. The monoisotopic (exact) mass is 286 g/mol. The third-order valence-corrected chi connectivity index (χ3v) is 3.70. The van der Waals surface area contributed by atoms with E-state index in [1.807, 2.05) is 32.0 Å². The molecule has 20 heavy (non-hydrogen) atoms. The quantitative estimate of drug-likeness (QED) is 0.776. The van der Waals surface area contributed by atoms with Crippen LogP contribution < -0.4 is 4.74 Å². The minimum Gasteiger partial charge on any atom is -0.492 e. The van der Waals surface area contributed by atoms with E-state index in [-0.39, 0.29) is 5.78 Å². The van der Waals surface area contributed by atoms with Crippen molar-refractivity contribution in [2.45, 2.75) is 20.3 Å². The van der Waals surface area contributed by atoms with E-state index >= 15 is 0 Å². The summed E-state index contributed by atoms with van der Waals surface area (Å²) in [5, 5.41) is 0.585. The van der Waals surface area contributed by atoms with E-state index in [0.29, 0.717) is 28.5 Å². The number of halogens is 1. The molecule has 0 bridgehead atoms. The van der Waals surface area contributed by atoms with Gasteiger partial charge < -0.3 is 4.74 Å². The average Bonchev–Trinajstić information content (AvgIpc) is 2.83.